The largest absolute Gasteiger partial charge is 0.480 e. The molecule has 0 aromatic heterocycles. The summed E-state index contributed by atoms with van der Waals surface area (Å²) in [7, 11) is 1.49. The number of amides is 1. The number of nitrogen functional groups attached to an aromatic ring is 1. The summed E-state index contributed by atoms with van der Waals surface area (Å²) in [6.45, 7) is 3.74. The van der Waals surface area contributed by atoms with E-state index in [-0.39, 0.29) is 18.9 Å². The number of carbonyl (C=O) groups excluding carboxylic acids is 1. The molecule has 4 N–H and O–H groups in total. The minimum absolute atomic E-state index is 0.218. The molecule has 6 heteroatoms. The Kier molecular flexibility index (Phi) is 5.72. The molecule has 6 nitrogen and oxygen atoms in total. The van der Waals surface area contributed by atoms with E-state index >= 15 is 0 Å². The Morgan fingerprint density at radius 1 is 1.33 bits per heavy atom. The van der Waals surface area contributed by atoms with Crippen LogP contribution < -0.4 is 11.1 Å². The van der Waals surface area contributed by atoms with E-state index in [0.29, 0.717) is 5.69 Å². The van der Waals surface area contributed by atoms with Gasteiger partial charge in [0.25, 0.3) is 0 Å². The summed E-state index contributed by atoms with van der Waals surface area (Å²) in [5.74, 6) is -1.43. The molecule has 0 bridgehead atoms. The molecule has 0 spiro atoms. The zero-order chi connectivity index (χ0) is 16.0. The van der Waals surface area contributed by atoms with Crippen molar-refractivity contribution in [2.24, 2.45) is 0 Å². The molecule has 0 heterocycles. The smallest absolute Gasteiger partial charge is 0.326 e. The molecule has 0 saturated heterocycles. The van der Waals surface area contributed by atoms with Gasteiger partial charge in [-0.15, -0.1) is 0 Å². The van der Waals surface area contributed by atoms with Crippen LogP contribution in [-0.4, -0.2) is 36.7 Å². The third-order valence-corrected chi connectivity index (χ3v) is 3.41. The number of rotatable bonds is 7. The molecule has 21 heavy (non-hydrogen) atoms. The number of methoxy groups -OCH3 is 1. The number of carbonyl (C=O) groups is 2. The van der Waals surface area contributed by atoms with Crippen LogP contribution in [-0.2, 0) is 19.7 Å². The first kappa shape index (κ1) is 17.0. The minimum Gasteiger partial charge on any atom is -0.480 e. The van der Waals surface area contributed by atoms with E-state index in [1.807, 2.05) is 0 Å². The van der Waals surface area contributed by atoms with Gasteiger partial charge in [0.05, 0.1) is 5.41 Å². The van der Waals surface area contributed by atoms with Crippen molar-refractivity contribution in [2.75, 3.05) is 19.5 Å². The highest BCUT2D eigenvalue weighted by molar-refractivity contribution is 5.90. The topological polar surface area (TPSA) is 102 Å². The van der Waals surface area contributed by atoms with Gasteiger partial charge in [-0.1, -0.05) is 12.1 Å². The summed E-state index contributed by atoms with van der Waals surface area (Å²) in [5, 5.41) is 11.7. The van der Waals surface area contributed by atoms with Crippen LogP contribution in [0, 0.1) is 0 Å². The molecular weight excluding hydrogens is 272 g/mol. The Balaban J connectivity index is 2.84. The van der Waals surface area contributed by atoms with Gasteiger partial charge in [0.15, 0.2) is 0 Å². The van der Waals surface area contributed by atoms with Crippen LogP contribution in [0.4, 0.5) is 5.69 Å². The second-order valence-corrected chi connectivity index (χ2v) is 5.39. The van der Waals surface area contributed by atoms with Crippen molar-refractivity contribution in [1.82, 2.24) is 5.32 Å². The highest BCUT2D eigenvalue weighted by Gasteiger charge is 2.32. The lowest BCUT2D eigenvalue weighted by atomic mass is 9.83. The summed E-state index contributed by atoms with van der Waals surface area (Å²) in [5.41, 5.74) is 6.15. The summed E-state index contributed by atoms with van der Waals surface area (Å²) < 4.78 is 4.86. The third kappa shape index (κ3) is 4.46. The van der Waals surface area contributed by atoms with E-state index in [9.17, 15) is 9.59 Å². The highest BCUT2D eigenvalue weighted by atomic mass is 16.5. The number of carboxylic acid groups (broad SMARTS) is 1. The van der Waals surface area contributed by atoms with Gasteiger partial charge >= 0.3 is 5.97 Å². The van der Waals surface area contributed by atoms with Gasteiger partial charge in [-0.05, 0) is 31.5 Å². The van der Waals surface area contributed by atoms with Crippen molar-refractivity contribution >= 4 is 17.6 Å². The molecule has 1 atom stereocenters. The number of ether oxygens (including phenoxy) is 1. The molecule has 1 amide bonds. The van der Waals surface area contributed by atoms with E-state index in [1.165, 1.54) is 7.11 Å². The molecule has 0 aliphatic heterocycles. The molecule has 0 radical (unpaired) electrons. The number of aliphatic carboxylic acids is 1. The van der Waals surface area contributed by atoms with Gasteiger partial charge in [-0.25, -0.2) is 4.79 Å². The Labute approximate surface area is 124 Å². The highest BCUT2D eigenvalue weighted by Crippen LogP contribution is 2.24. The first-order valence-corrected chi connectivity index (χ1v) is 6.67. The predicted molar refractivity (Wildman–Crippen MR) is 79.9 cm³/mol. The normalized spacial score (nSPS) is 12.7. The van der Waals surface area contributed by atoms with E-state index in [1.54, 1.807) is 38.1 Å². The predicted octanol–water partition coefficient (Wildman–Crippen LogP) is 1.15. The SMILES string of the molecule is COCCC(NC(=O)C(C)(C)c1ccc(N)cc1)C(=O)O. The number of carboxylic acids is 1. The second-order valence-electron chi connectivity index (χ2n) is 5.39. The monoisotopic (exact) mass is 294 g/mol. The molecule has 0 aliphatic carbocycles. The summed E-state index contributed by atoms with van der Waals surface area (Å²) in [6.07, 6.45) is 0.218. The fourth-order valence-corrected chi connectivity index (χ4v) is 1.86. The maximum Gasteiger partial charge on any atom is 0.326 e. The van der Waals surface area contributed by atoms with Crippen molar-refractivity contribution in [3.05, 3.63) is 29.8 Å². The molecule has 1 aromatic rings. The fourth-order valence-electron chi connectivity index (χ4n) is 1.86. The molecule has 1 unspecified atom stereocenters. The lowest BCUT2D eigenvalue weighted by Gasteiger charge is -2.26. The van der Waals surface area contributed by atoms with Crippen molar-refractivity contribution < 1.29 is 19.4 Å². The molecule has 0 saturated carbocycles. The molecule has 1 aromatic carbocycles. The summed E-state index contributed by atoms with van der Waals surface area (Å²) in [6, 6.07) is 5.98. The summed E-state index contributed by atoms with van der Waals surface area (Å²) in [4.78, 5) is 23.5. The second kappa shape index (κ2) is 7.08. The molecular formula is C15H22N2O4. The molecule has 0 aliphatic rings. The van der Waals surface area contributed by atoms with Crippen LogP contribution >= 0.6 is 0 Å². The first-order valence-electron chi connectivity index (χ1n) is 6.67. The van der Waals surface area contributed by atoms with Crippen molar-refractivity contribution in [2.45, 2.75) is 31.7 Å². The van der Waals surface area contributed by atoms with Gasteiger partial charge in [-0.3, -0.25) is 4.79 Å². The number of nitrogens with one attached hydrogen (secondary N) is 1. The minimum atomic E-state index is -1.08. The van der Waals surface area contributed by atoms with Gasteiger partial charge in [0.1, 0.15) is 6.04 Å². The molecule has 1 rings (SSSR count). The Hall–Kier alpha value is -2.08. The number of benzene rings is 1. The lowest BCUT2D eigenvalue weighted by molar-refractivity contribution is -0.143. The average molecular weight is 294 g/mol. The van der Waals surface area contributed by atoms with Crippen LogP contribution in [0.1, 0.15) is 25.8 Å². The Bertz CT molecular complexity index is 497. The van der Waals surface area contributed by atoms with E-state index in [2.05, 4.69) is 5.32 Å². The van der Waals surface area contributed by atoms with Crippen LogP contribution in [0.3, 0.4) is 0 Å². The van der Waals surface area contributed by atoms with Gasteiger partial charge in [0.2, 0.25) is 5.91 Å². The van der Waals surface area contributed by atoms with Crippen molar-refractivity contribution in [1.29, 1.82) is 0 Å². The van der Waals surface area contributed by atoms with E-state index in [4.69, 9.17) is 15.6 Å². The maximum absolute atomic E-state index is 12.4. The molecule has 116 valence electrons. The van der Waals surface area contributed by atoms with Crippen LogP contribution in [0.2, 0.25) is 0 Å². The maximum atomic E-state index is 12.4. The van der Waals surface area contributed by atoms with E-state index < -0.39 is 17.4 Å². The van der Waals surface area contributed by atoms with Crippen LogP contribution in [0.25, 0.3) is 0 Å². The Morgan fingerprint density at radius 3 is 2.38 bits per heavy atom. The molecule has 0 fully saturated rings. The number of hydrogen-bond acceptors (Lipinski definition) is 4. The quantitative estimate of drug-likeness (QED) is 0.655. The zero-order valence-corrected chi connectivity index (χ0v) is 12.6. The fraction of sp³-hybridized carbons (Fsp3) is 0.467. The Morgan fingerprint density at radius 2 is 1.90 bits per heavy atom. The number of hydrogen-bond donors (Lipinski definition) is 3. The lowest BCUT2D eigenvalue weighted by Crippen LogP contribution is -2.48. The summed E-state index contributed by atoms with van der Waals surface area (Å²) >= 11 is 0. The standard InChI is InChI=1S/C15H22N2O4/c1-15(2,10-4-6-11(16)7-5-10)14(20)17-12(13(18)19)8-9-21-3/h4-7,12H,8-9,16H2,1-3H3,(H,17,20)(H,18,19). The van der Waals surface area contributed by atoms with Crippen molar-refractivity contribution in [3.8, 4) is 0 Å². The zero-order valence-electron chi connectivity index (χ0n) is 12.6. The number of anilines is 1. The van der Waals surface area contributed by atoms with Crippen molar-refractivity contribution in [3.63, 3.8) is 0 Å². The average Bonchev–Trinajstić information content (AvgIpc) is 2.43. The third-order valence-electron chi connectivity index (χ3n) is 3.41. The van der Waals surface area contributed by atoms with E-state index in [0.717, 1.165) is 5.56 Å². The number of nitrogens with two attached hydrogens (primary N) is 1. The van der Waals surface area contributed by atoms with Crippen LogP contribution in [0.15, 0.2) is 24.3 Å². The van der Waals surface area contributed by atoms with Gasteiger partial charge in [-0.2, -0.15) is 0 Å². The van der Waals surface area contributed by atoms with Crippen LogP contribution in [0.5, 0.6) is 0 Å². The first-order chi connectivity index (χ1) is 9.78. The van der Waals surface area contributed by atoms with Gasteiger partial charge < -0.3 is 20.9 Å². The van der Waals surface area contributed by atoms with Gasteiger partial charge in [0, 0.05) is 25.8 Å².